The van der Waals surface area contributed by atoms with Crippen molar-refractivity contribution in [2.24, 2.45) is 5.92 Å². The lowest BCUT2D eigenvalue weighted by molar-refractivity contribution is -0.384. The van der Waals surface area contributed by atoms with Gasteiger partial charge in [-0.05, 0) is 13.0 Å². The second kappa shape index (κ2) is 5.08. The van der Waals surface area contributed by atoms with Crippen molar-refractivity contribution in [2.45, 2.75) is 6.92 Å². The molecule has 1 unspecified atom stereocenters. The summed E-state index contributed by atoms with van der Waals surface area (Å²) in [6.07, 6.45) is 0. The van der Waals surface area contributed by atoms with Crippen molar-refractivity contribution in [1.29, 1.82) is 0 Å². The summed E-state index contributed by atoms with van der Waals surface area (Å²) >= 11 is 0. The van der Waals surface area contributed by atoms with Gasteiger partial charge in [-0.2, -0.15) is 0 Å². The first-order valence-electron chi connectivity index (χ1n) is 5.76. The number of hydrogen-bond donors (Lipinski definition) is 1. The molecule has 1 aromatic carbocycles. The first kappa shape index (κ1) is 13.7. The molecule has 0 saturated heterocycles. The Hall–Kier alpha value is -2.77. The molecule has 8 heteroatoms. The van der Waals surface area contributed by atoms with Gasteiger partial charge >= 0.3 is 5.97 Å². The minimum atomic E-state index is -1.62. The molecule has 0 aromatic heterocycles. The molecular formula is C12H10N2O6. The van der Waals surface area contributed by atoms with Crippen LogP contribution in [0.3, 0.4) is 0 Å². The van der Waals surface area contributed by atoms with Crippen molar-refractivity contribution in [3.8, 4) is 0 Å². The van der Waals surface area contributed by atoms with E-state index in [1.54, 1.807) is 6.92 Å². The molecule has 1 atom stereocenters. The summed E-state index contributed by atoms with van der Waals surface area (Å²) in [5.41, 5.74) is -0.223. The highest BCUT2D eigenvalue weighted by atomic mass is 16.6. The number of esters is 1. The Balaban J connectivity index is 2.44. The Labute approximate surface area is 112 Å². The summed E-state index contributed by atoms with van der Waals surface area (Å²) in [7, 11) is 0. The average Bonchev–Trinajstić information content (AvgIpc) is 2.38. The smallest absolute Gasteiger partial charge is 0.326 e. The van der Waals surface area contributed by atoms with Crippen molar-refractivity contribution in [1.82, 2.24) is 0 Å². The van der Waals surface area contributed by atoms with Gasteiger partial charge in [0, 0.05) is 17.7 Å². The van der Waals surface area contributed by atoms with Crippen LogP contribution in [0.2, 0.25) is 0 Å². The molecular weight excluding hydrogens is 268 g/mol. The number of Topliss-reactive ketones (excluding diaryl/α,β-unsaturated/α-hetero) is 1. The zero-order valence-corrected chi connectivity index (χ0v) is 10.4. The number of nitrogens with one attached hydrogen (secondary N) is 1. The number of anilines is 1. The van der Waals surface area contributed by atoms with Gasteiger partial charge < -0.3 is 10.1 Å². The van der Waals surface area contributed by atoms with Gasteiger partial charge in [-0.3, -0.25) is 24.5 Å². The van der Waals surface area contributed by atoms with E-state index in [-0.39, 0.29) is 23.5 Å². The topological polar surface area (TPSA) is 116 Å². The molecule has 0 bridgehead atoms. The zero-order valence-electron chi connectivity index (χ0n) is 10.4. The molecule has 1 N–H and O–H groups in total. The van der Waals surface area contributed by atoms with E-state index in [4.69, 9.17) is 0 Å². The third-order valence-electron chi connectivity index (χ3n) is 2.78. The number of carbonyl (C=O) groups excluding carboxylic acids is 3. The molecule has 0 fully saturated rings. The highest BCUT2D eigenvalue weighted by Crippen LogP contribution is 2.29. The highest BCUT2D eigenvalue weighted by molar-refractivity contribution is 6.29. The highest BCUT2D eigenvalue weighted by Gasteiger charge is 2.41. The number of hydrogen-bond acceptors (Lipinski definition) is 6. The third-order valence-corrected chi connectivity index (χ3v) is 2.78. The lowest BCUT2D eigenvalue weighted by atomic mass is 9.91. The number of amides is 1. The van der Waals surface area contributed by atoms with Crippen LogP contribution in [0.15, 0.2) is 18.2 Å². The Bertz CT molecular complexity index is 624. The van der Waals surface area contributed by atoms with Crippen LogP contribution in [0, 0.1) is 16.0 Å². The zero-order chi connectivity index (χ0) is 14.9. The fraction of sp³-hybridized carbons (Fsp3) is 0.250. The van der Waals surface area contributed by atoms with Gasteiger partial charge in [-0.15, -0.1) is 0 Å². The summed E-state index contributed by atoms with van der Waals surface area (Å²) in [4.78, 5) is 45.5. The molecule has 0 spiro atoms. The standard InChI is InChI=1S/C12H10N2O6/c1-2-20-12(17)9-10(15)7-5-6(14(18)19)3-4-8(7)13-11(9)16/h3-5,9H,2H2,1H3,(H,13,16). The first-order chi connectivity index (χ1) is 9.45. The van der Waals surface area contributed by atoms with Crippen LogP contribution in [0.5, 0.6) is 0 Å². The lowest BCUT2D eigenvalue weighted by Crippen LogP contribution is -2.41. The number of fused-ring (bicyclic) bond motifs is 1. The van der Waals surface area contributed by atoms with Crippen LogP contribution in [0.1, 0.15) is 17.3 Å². The number of carbonyl (C=O) groups is 3. The Morgan fingerprint density at radius 1 is 1.45 bits per heavy atom. The number of non-ortho nitro benzene ring substituents is 1. The molecule has 2 rings (SSSR count). The van der Waals surface area contributed by atoms with Gasteiger partial charge in [-0.1, -0.05) is 0 Å². The second-order valence-corrected chi connectivity index (χ2v) is 4.03. The van der Waals surface area contributed by atoms with E-state index >= 15 is 0 Å². The van der Waals surface area contributed by atoms with E-state index in [1.165, 1.54) is 6.07 Å². The molecule has 1 amide bonds. The summed E-state index contributed by atoms with van der Waals surface area (Å²) in [5, 5.41) is 13.1. The monoisotopic (exact) mass is 278 g/mol. The predicted octanol–water partition coefficient (Wildman–Crippen LogP) is 0.909. The summed E-state index contributed by atoms with van der Waals surface area (Å²) in [6.45, 7) is 1.57. The van der Waals surface area contributed by atoms with Crippen molar-refractivity contribution in [3.63, 3.8) is 0 Å². The molecule has 0 radical (unpaired) electrons. The molecule has 8 nitrogen and oxygen atoms in total. The number of ketones is 1. The summed E-state index contributed by atoms with van der Waals surface area (Å²) < 4.78 is 4.66. The van der Waals surface area contributed by atoms with Gasteiger partial charge in [0.2, 0.25) is 5.91 Å². The van der Waals surface area contributed by atoms with Gasteiger partial charge in [0.05, 0.1) is 17.2 Å². The van der Waals surface area contributed by atoms with Crippen molar-refractivity contribution in [2.75, 3.05) is 11.9 Å². The maximum absolute atomic E-state index is 12.1. The second-order valence-electron chi connectivity index (χ2n) is 4.03. The largest absolute Gasteiger partial charge is 0.465 e. The van der Waals surface area contributed by atoms with Crippen molar-refractivity contribution >= 4 is 29.0 Å². The van der Waals surface area contributed by atoms with E-state index in [9.17, 15) is 24.5 Å². The number of nitrogens with zero attached hydrogens (tertiary/aromatic N) is 1. The fourth-order valence-electron chi connectivity index (χ4n) is 1.88. The van der Waals surface area contributed by atoms with Crippen molar-refractivity contribution < 1.29 is 24.0 Å². The van der Waals surface area contributed by atoms with Crippen LogP contribution in [0.25, 0.3) is 0 Å². The van der Waals surface area contributed by atoms with E-state index in [0.29, 0.717) is 0 Å². The predicted molar refractivity (Wildman–Crippen MR) is 66.2 cm³/mol. The summed E-state index contributed by atoms with van der Waals surface area (Å²) in [6, 6.07) is 3.45. The third kappa shape index (κ3) is 2.22. The van der Waals surface area contributed by atoms with Gasteiger partial charge in [0.25, 0.3) is 5.69 Å². The maximum atomic E-state index is 12.1. The maximum Gasteiger partial charge on any atom is 0.326 e. The number of rotatable bonds is 3. The molecule has 1 aliphatic rings. The van der Waals surface area contributed by atoms with Crippen LogP contribution in [0.4, 0.5) is 11.4 Å². The number of ether oxygens (including phenoxy) is 1. The molecule has 1 heterocycles. The van der Waals surface area contributed by atoms with Crippen LogP contribution >= 0.6 is 0 Å². The van der Waals surface area contributed by atoms with Crippen LogP contribution < -0.4 is 5.32 Å². The molecule has 104 valence electrons. The minimum absolute atomic E-state index is 0.0255. The normalized spacial score (nSPS) is 17.1. The van der Waals surface area contributed by atoms with E-state index in [2.05, 4.69) is 10.1 Å². The van der Waals surface area contributed by atoms with Crippen molar-refractivity contribution in [3.05, 3.63) is 33.9 Å². The quantitative estimate of drug-likeness (QED) is 0.380. The van der Waals surface area contributed by atoms with Crippen LogP contribution in [-0.4, -0.2) is 29.2 Å². The SMILES string of the molecule is CCOC(=O)C1C(=O)Nc2ccc([N+](=O)[O-])cc2C1=O. The summed E-state index contributed by atoms with van der Waals surface area (Å²) in [5.74, 6) is -4.18. The van der Waals surface area contributed by atoms with Crippen LogP contribution in [-0.2, 0) is 14.3 Å². The number of benzene rings is 1. The molecule has 20 heavy (non-hydrogen) atoms. The molecule has 1 aliphatic heterocycles. The van der Waals surface area contributed by atoms with E-state index in [1.807, 2.05) is 0 Å². The fourth-order valence-corrected chi connectivity index (χ4v) is 1.88. The minimum Gasteiger partial charge on any atom is -0.465 e. The number of nitro benzene ring substituents is 1. The van der Waals surface area contributed by atoms with E-state index in [0.717, 1.165) is 12.1 Å². The average molecular weight is 278 g/mol. The lowest BCUT2D eigenvalue weighted by Gasteiger charge is -2.21. The van der Waals surface area contributed by atoms with Gasteiger partial charge in [0.15, 0.2) is 11.7 Å². The Morgan fingerprint density at radius 3 is 2.75 bits per heavy atom. The Morgan fingerprint density at radius 2 is 2.15 bits per heavy atom. The number of nitro groups is 1. The Kier molecular flexibility index (Phi) is 3.47. The molecule has 1 aromatic rings. The first-order valence-corrected chi connectivity index (χ1v) is 5.76. The van der Waals surface area contributed by atoms with Gasteiger partial charge in [0.1, 0.15) is 0 Å². The molecule has 0 saturated carbocycles. The molecule has 0 aliphatic carbocycles. The van der Waals surface area contributed by atoms with E-state index < -0.39 is 28.5 Å². The van der Waals surface area contributed by atoms with Gasteiger partial charge in [-0.25, -0.2) is 0 Å².